The number of unbranched alkanes of at least 4 members (excludes halogenated alkanes) is 2. The van der Waals surface area contributed by atoms with Gasteiger partial charge in [0.2, 0.25) is 13.3 Å². The van der Waals surface area contributed by atoms with Crippen LogP contribution < -0.4 is 0 Å². The summed E-state index contributed by atoms with van der Waals surface area (Å²) in [5.74, 6) is 0. The summed E-state index contributed by atoms with van der Waals surface area (Å²) in [5, 5.41) is 0. The van der Waals surface area contributed by atoms with Gasteiger partial charge >= 0.3 is 0 Å². The summed E-state index contributed by atoms with van der Waals surface area (Å²) in [7, 11) is 4.37. The maximum Gasteiger partial charge on any atom is 0.202 e. The van der Waals surface area contributed by atoms with E-state index in [9.17, 15) is 0 Å². The van der Waals surface area contributed by atoms with Crippen molar-refractivity contribution in [1.82, 2.24) is 9.80 Å². The molecule has 0 aromatic rings. The molecule has 0 N–H and O–H groups in total. The third kappa shape index (κ3) is 2.51. The zero-order valence-electron chi connectivity index (χ0n) is 13.0. The number of rotatable bonds is 6. The van der Waals surface area contributed by atoms with E-state index in [1.165, 1.54) is 25.8 Å². The van der Waals surface area contributed by atoms with Gasteiger partial charge in [0, 0.05) is 20.5 Å². The van der Waals surface area contributed by atoms with Crippen LogP contribution in [0.1, 0.15) is 33.1 Å². The minimum Gasteiger partial charge on any atom is -0.325 e. The van der Waals surface area contributed by atoms with Gasteiger partial charge in [-0.3, -0.25) is 0 Å². The van der Waals surface area contributed by atoms with Gasteiger partial charge in [-0.15, -0.1) is 9.18 Å². The van der Waals surface area contributed by atoms with Gasteiger partial charge in [-0.1, -0.05) is 13.3 Å². The van der Waals surface area contributed by atoms with E-state index >= 15 is 0 Å². The quantitative estimate of drug-likeness (QED) is 0.538. The van der Waals surface area contributed by atoms with E-state index in [0.29, 0.717) is 0 Å². The lowest BCUT2D eigenvalue weighted by Crippen LogP contribution is -2.68. The lowest BCUT2D eigenvalue weighted by Gasteiger charge is -2.45. The fourth-order valence-corrected chi connectivity index (χ4v) is 3.42. The number of quaternary nitrogens is 2. The Labute approximate surface area is 118 Å². The highest BCUT2D eigenvalue weighted by molar-refractivity contribution is 4.82. The molecule has 0 spiro atoms. The molecule has 108 valence electrons. The van der Waals surface area contributed by atoms with E-state index in [4.69, 9.17) is 0 Å². The summed E-state index contributed by atoms with van der Waals surface area (Å²) >= 11 is 0. The summed E-state index contributed by atoms with van der Waals surface area (Å²) in [6.45, 7) is 9.15. The Morgan fingerprint density at radius 1 is 0.895 bits per heavy atom. The van der Waals surface area contributed by atoms with E-state index in [1.807, 2.05) is 0 Å². The molecule has 0 aromatic carbocycles. The maximum absolute atomic E-state index is 2.42. The Morgan fingerprint density at radius 2 is 1.47 bits per heavy atom. The standard InChI is InChI=1S/C15H30N4/c1-5-7-8-11-19(13-10-17(4)15-19)18(6-2)12-9-16(3)14-18/h9-10,12-13H,5-8,11,14-15H2,1-4H3/q+2. The summed E-state index contributed by atoms with van der Waals surface area (Å²) < 4.78 is 2.08. The average molecular weight is 266 g/mol. The Bertz CT molecular complexity index is 365. The van der Waals surface area contributed by atoms with Crippen LogP contribution in [-0.4, -0.2) is 59.5 Å². The van der Waals surface area contributed by atoms with Crippen molar-refractivity contribution >= 4 is 0 Å². The molecule has 0 saturated heterocycles. The van der Waals surface area contributed by atoms with Crippen LogP contribution in [-0.2, 0) is 0 Å². The van der Waals surface area contributed by atoms with Crippen molar-refractivity contribution in [3.8, 4) is 0 Å². The molecule has 2 atom stereocenters. The molecule has 2 aliphatic heterocycles. The van der Waals surface area contributed by atoms with Crippen molar-refractivity contribution in [3.05, 3.63) is 24.8 Å². The summed E-state index contributed by atoms with van der Waals surface area (Å²) in [6.07, 6.45) is 13.3. The van der Waals surface area contributed by atoms with Gasteiger partial charge in [-0.05, 0) is 13.3 Å². The Hall–Kier alpha value is -1.00. The first kappa shape index (κ1) is 14.4. The number of hydrogen-bond donors (Lipinski definition) is 0. The topological polar surface area (TPSA) is 6.48 Å². The third-order valence-electron chi connectivity index (χ3n) is 4.62. The van der Waals surface area contributed by atoms with Gasteiger partial charge in [0.25, 0.3) is 0 Å². The van der Waals surface area contributed by atoms with E-state index in [-0.39, 0.29) is 0 Å². The monoisotopic (exact) mass is 266 g/mol. The molecule has 0 fully saturated rings. The van der Waals surface area contributed by atoms with Gasteiger partial charge in [0.1, 0.15) is 13.1 Å². The minimum absolute atomic E-state index is 1.03. The molecule has 4 heteroatoms. The van der Waals surface area contributed by atoms with E-state index in [1.54, 1.807) is 0 Å². The zero-order valence-corrected chi connectivity index (χ0v) is 13.0. The number of nitrogens with zero attached hydrogens (tertiary/aromatic N) is 4. The van der Waals surface area contributed by atoms with Gasteiger partial charge in [-0.25, -0.2) is 0 Å². The molecular weight excluding hydrogens is 236 g/mol. The largest absolute Gasteiger partial charge is 0.325 e. The first-order valence-electron chi connectivity index (χ1n) is 7.61. The fraction of sp³-hybridized carbons (Fsp3) is 0.733. The summed E-state index contributed by atoms with van der Waals surface area (Å²) in [6, 6.07) is 0. The molecule has 0 saturated carbocycles. The Kier molecular flexibility index (Phi) is 4.21. The van der Waals surface area contributed by atoms with Crippen molar-refractivity contribution in [1.29, 1.82) is 0 Å². The van der Waals surface area contributed by atoms with Crippen LogP contribution in [0.5, 0.6) is 0 Å². The molecule has 2 unspecified atom stereocenters. The van der Waals surface area contributed by atoms with Crippen molar-refractivity contribution in [3.63, 3.8) is 0 Å². The second-order valence-electron chi connectivity index (χ2n) is 6.11. The van der Waals surface area contributed by atoms with Crippen LogP contribution in [0.2, 0.25) is 0 Å². The highest BCUT2D eigenvalue weighted by atomic mass is 15.9. The van der Waals surface area contributed by atoms with Crippen LogP contribution in [0.25, 0.3) is 0 Å². The lowest BCUT2D eigenvalue weighted by atomic mass is 10.2. The second-order valence-corrected chi connectivity index (χ2v) is 6.11. The molecule has 0 aromatic heterocycles. The normalized spacial score (nSPS) is 33.7. The average Bonchev–Trinajstić information content (AvgIpc) is 2.96. The smallest absolute Gasteiger partial charge is 0.202 e. The van der Waals surface area contributed by atoms with Crippen LogP contribution in [0.3, 0.4) is 0 Å². The molecule has 2 heterocycles. The molecule has 0 bridgehead atoms. The first-order chi connectivity index (χ1) is 9.07. The van der Waals surface area contributed by atoms with Crippen molar-refractivity contribution < 1.29 is 9.18 Å². The minimum atomic E-state index is 1.03. The van der Waals surface area contributed by atoms with Gasteiger partial charge < -0.3 is 9.80 Å². The van der Waals surface area contributed by atoms with Crippen LogP contribution in [0.4, 0.5) is 0 Å². The molecule has 4 nitrogen and oxygen atoms in total. The SMILES string of the molecule is CCCCC[N+]1([N+]2(CC)C=CN(C)C2)C=CN(C)C1. The van der Waals surface area contributed by atoms with E-state index in [2.05, 4.69) is 62.5 Å². The molecule has 0 amide bonds. The second kappa shape index (κ2) is 5.55. The molecule has 0 radical (unpaired) electrons. The molecule has 0 aliphatic carbocycles. The zero-order chi connectivity index (χ0) is 13.9. The van der Waals surface area contributed by atoms with Gasteiger partial charge in [0.05, 0.1) is 12.4 Å². The van der Waals surface area contributed by atoms with Crippen LogP contribution >= 0.6 is 0 Å². The molecule has 2 aliphatic rings. The van der Waals surface area contributed by atoms with Crippen molar-refractivity contribution in [2.45, 2.75) is 33.1 Å². The lowest BCUT2D eigenvalue weighted by molar-refractivity contribution is -1.45. The maximum atomic E-state index is 2.42. The number of hydrogen-bond acceptors (Lipinski definition) is 2. The molecule has 19 heavy (non-hydrogen) atoms. The third-order valence-corrected chi connectivity index (χ3v) is 4.62. The predicted molar refractivity (Wildman–Crippen MR) is 79.0 cm³/mol. The summed E-state index contributed by atoms with van der Waals surface area (Å²) in [4.78, 5) is 4.64. The van der Waals surface area contributed by atoms with Gasteiger partial charge in [-0.2, -0.15) is 0 Å². The highest BCUT2D eigenvalue weighted by Gasteiger charge is 2.52. The Morgan fingerprint density at radius 3 is 1.89 bits per heavy atom. The van der Waals surface area contributed by atoms with Crippen LogP contribution in [0, 0.1) is 0 Å². The fourth-order valence-electron chi connectivity index (χ4n) is 3.42. The predicted octanol–water partition coefficient (Wildman–Crippen LogP) is 2.49. The summed E-state index contributed by atoms with van der Waals surface area (Å²) in [5.41, 5.74) is 0. The first-order valence-corrected chi connectivity index (χ1v) is 7.61. The van der Waals surface area contributed by atoms with Crippen molar-refractivity contribution in [2.75, 3.05) is 40.5 Å². The van der Waals surface area contributed by atoms with E-state index < -0.39 is 0 Å². The Balaban J connectivity index is 2.22. The van der Waals surface area contributed by atoms with Crippen molar-refractivity contribution in [2.24, 2.45) is 0 Å². The van der Waals surface area contributed by atoms with E-state index in [0.717, 1.165) is 29.1 Å². The molecular formula is C15H30N4+2. The van der Waals surface area contributed by atoms with Crippen LogP contribution in [0.15, 0.2) is 24.8 Å². The highest BCUT2D eigenvalue weighted by Crippen LogP contribution is 2.33. The van der Waals surface area contributed by atoms with Gasteiger partial charge in [0.15, 0.2) is 12.4 Å². The molecule has 2 rings (SSSR count).